The van der Waals surface area contributed by atoms with Crippen LogP contribution in [0.4, 0.5) is 5.82 Å². The SMILES string of the molecule is CC(C)(C)c1cc(NS(=O)(=O)c2cc[nH]c2)n[nH]1. The normalized spacial score (nSPS) is 12.6. The molecule has 0 fully saturated rings. The van der Waals surface area contributed by atoms with Crippen molar-refractivity contribution in [2.24, 2.45) is 0 Å². The second-order valence-electron chi connectivity index (χ2n) is 5.07. The third kappa shape index (κ3) is 2.56. The quantitative estimate of drug-likeness (QED) is 0.793. The summed E-state index contributed by atoms with van der Waals surface area (Å²) < 4.78 is 26.3. The van der Waals surface area contributed by atoms with Gasteiger partial charge in [0.1, 0.15) is 4.90 Å². The predicted molar refractivity (Wildman–Crippen MR) is 68.9 cm³/mol. The van der Waals surface area contributed by atoms with E-state index in [-0.39, 0.29) is 10.3 Å². The number of aromatic amines is 2. The molecule has 0 aliphatic heterocycles. The van der Waals surface area contributed by atoms with E-state index in [0.717, 1.165) is 5.69 Å². The van der Waals surface area contributed by atoms with E-state index in [0.29, 0.717) is 5.82 Å². The molecule has 0 amide bonds. The minimum absolute atomic E-state index is 0.106. The van der Waals surface area contributed by atoms with E-state index in [1.807, 2.05) is 20.8 Å². The summed E-state index contributed by atoms with van der Waals surface area (Å²) in [7, 11) is -3.57. The number of aromatic nitrogens is 3. The molecule has 98 valence electrons. The molecule has 0 unspecified atom stereocenters. The van der Waals surface area contributed by atoms with Crippen LogP contribution in [0.5, 0.6) is 0 Å². The highest BCUT2D eigenvalue weighted by atomic mass is 32.2. The largest absolute Gasteiger partial charge is 0.366 e. The van der Waals surface area contributed by atoms with Crippen molar-refractivity contribution in [2.45, 2.75) is 31.1 Å². The van der Waals surface area contributed by atoms with Crippen molar-refractivity contribution in [1.29, 1.82) is 0 Å². The maximum atomic E-state index is 11.9. The molecule has 2 rings (SSSR count). The van der Waals surface area contributed by atoms with E-state index in [2.05, 4.69) is 19.9 Å². The summed E-state index contributed by atoms with van der Waals surface area (Å²) in [5, 5.41) is 6.78. The smallest absolute Gasteiger partial charge is 0.264 e. The van der Waals surface area contributed by atoms with Crippen LogP contribution in [0.3, 0.4) is 0 Å². The monoisotopic (exact) mass is 268 g/mol. The van der Waals surface area contributed by atoms with Gasteiger partial charge in [0.25, 0.3) is 10.0 Å². The van der Waals surface area contributed by atoms with Crippen molar-refractivity contribution < 1.29 is 8.42 Å². The Morgan fingerprint density at radius 1 is 1.33 bits per heavy atom. The molecule has 2 aromatic rings. The van der Waals surface area contributed by atoms with E-state index >= 15 is 0 Å². The Bertz CT molecular complexity index is 620. The highest BCUT2D eigenvalue weighted by Gasteiger charge is 2.20. The Morgan fingerprint density at radius 3 is 2.56 bits per heavy atom. The van der Waals surface area contributed by atoms with Crippen molar-refractivity contribution in [3.63, 3.8) is 0 Å². The van der Waals surface area contributed by atoms with Crippen molar-refractivity contribution in [2.75, 3.05) is 4.72 Å². The average Bonchev–Trinajstić information content (AvgIpc) is 2.83. The number of hydrogen-bond donors (Lipinski definition) is 3. The molecule has 0 atom stereocenters. The lowest BCUT2D eigenvalue weighted by atomic mass is 9.92. The molecule has 18 heavy (non-hydrogen) atoms. The van der Waals surface area contributed by atoms with Gasteiger partial charge in [0, 0.05) is 29.6 Å². The van der Waals surface area contributed by atoms with Crippen LogP contribution in [0.25, 0.3) is 0 Å². The second-order valence-corrected chi connectivity index (χ2v) is 6.75. The molecule has 7 heteroatoms. The molecule has 0 radical (unpaired) electrons. The van der Waals surface area contributed by atoms with Gasteiger partial charge in [0.2, 0.25) is 0 Å². The summed E-state index contributed by atoms with van der Waals surface area (Å²) in [5.41, 5.74) is 0.763. The fourth-order valence-electron chi connectivity index (χ4n) is 1.43. The van der Waals surface area contributed by atoms with Gasteiger partial charge in [-0.2, -0.15) is 5.10 Å². The molecule has 0 saturated carbocycles. The zero-order chi connectivity index (χ0) is 13.4. The minimum Gasteiger partial charge on any atom is -0.366 e. The number of H-pyrrole nitrogens is 2. The Kier molecular flexibility index (Phi) is 2.94. The van der Waals surface area contributed by atoms with E-state index in [9.17, 15) is 8.42 Å². The number of rotatable bonds is 3. The van der Waals surface area contributed by atoms with E-state index in [4.69, 9.17) is 0 Å². The molecule has 0 aromatic carbocycles. The molecule has 6 nitrogen and oxygen atoms in total. The standard InChI is InChI=1S/C11H16N4O2S/c1-11(2,3)9-6-10(14-13-9)15-18(16,17)8-4-5-12-7-8/h4-7,12H,1-3H3,(H2,13,14,15). The van der Waals surface area contributed by atoms with Gasteiger partial charge in [0.05, 0.1) is 0 Å². The highest BCUT2D eigenvalue weighted by Crippen LogP contribution is 2.23. The first-order valence-corrected chi connectivity index (χ1v) is 6.99. The maximum Gasteiger partial charge on any atom is 0.264 e. The van der Waals surface area contributed by atoms with E-state index < -0.39 is 10.0 Å². The van der Waals surface area contributed by atoms with Gasteiger partial charge in [-0.25, -0.2) is 8.42 Å². The van der Waals surface area contributed by atoms with Gasteiger partial charge >= 0.3 is 0 Å². The van der Waals surface area contributed by atoms with Crippen LogP contribution in [-0.4, -0.2) is 23.6 Å². The molecule has 0 aliphatic rings. The third-order valence-corrected chi connectivity index (χ3v) is 3.86. The number of anilines is 1. The van der Waals surface area contributed by atoms with Crippen LogP contribution in [-0.2, 0) is 15.4 Å². The summed E-state index contributed by atoms with van der Waals surface area (Å²) in [4.78, 5) is 2.89. The molecule has 0 bridgehead atoms. The fraction of sp³-hybridized carbons (Fsp3) is 0.364. The summed E-state index contributed by atoms with van der Waals surface area (Å²) in [6.07, 6.45) is 2.97. The Morgan fingerprint density at radius 2 is 2.06 bits per heavy atom. The number of nitrogens with zero attached hydrogens (tertiary/aromatic N) is 1. The van der Waals surface area contributed by atoms with Gasteiger partial charge < -0.3 is 4.98 Å². The zero-order valence-corrected chi connectivity index (χ0v) is 11.3. The minimum atomic E-state index is -3.57. The van der Waals surface area contributed by atoms with Crippen LogP contribution in [0.15, 0.2) is 29.4 Å². The lowest BCUT2D eigenvalue weighted by Gasteiger charge is -2.14. The van der Waals surface area contributed by atoms with Crippen LogP contribution in [0, 0.1) is 0 Å². The summed E-state index contributed by atoms with van der Waals surface area (Å²) in [6, 6.07) is 3.18. The lowest BCUT2D eigenvalue weighted by molar-refractivity contribution is 0.567. The molecule has 0 saturated heterocycles. The van der Waals surface area contributed by atoms with Crippen LogP contribution in [0.1, 0.15) is 26.5 Å². The molecule has 0 spiro atoms. The van der Waals surface area contributed by atoms with Crippen LogP contribution in [0.2, 0.25) is 0 Å². The molecule has 2 aromatic heterocycles. The summed E-state index contributed by atoms with van der Waals surface area (Å²) in [6.45, 7) is 6.06. The molecular formula is C11H16N4O2S. The van der Waals surface area contributed by atoms with Gasteiger partial charge in [-0.15, -0.1) is 0 Å². The van der Waals surface area contributed by atoms with Crippen molar-refractivity contribution in [1.82, 2.24) is 15.2 Å². The second kappa shape index (κ2) is 4.16. The van der Waals surface area contributed by atoms with Gasteiger partial charge in [-0.3, -0.25) is 9.82 Å². The number of hydrogen-bond acceptors (Lipinski definition) is 3. The molecule has 2 heterocycles. The van der Waals surface area contributed by atoms with E-state index in [1.165, 1.54) is 12.3 Å². The van der Waals surface area contributed by atoms with Crippen molar-refractivity contribution in [3.05, 3.63) is 30.2 Å². The Hall–Kier alpha value is -1.76. The average molecular weight is 268 g/mol. The Labute approximate surface area is 106 Å². The van der Waals surface area contributed by atoms with Crippen molar-refractivity contribution in [3.8, 4) is 0 Å². The summed E-state index contributed by atoms with van der Waals surface area (Å²) >= 11 is 0. The molecular weight excluding hydrogens is 252 g/mol. The zero-order valence-electron chi connectivity index (χ0n) is 10.5. The lowest BCUT2D eigenvalue weighted by Crippen LogP contribution is -2.12. The van der Waals surface area contributed by atoms with Crippen LogP contribution >= 0.6 is 0 Å². The first-order chi connectivity index (χ1) is 8.29. The first kappa shape index (κ1) is 12.7. The van der Waals surface area contributed by atoms with E-state index in [1.54, 1.807) is 12.3 Å². The number of nitrogens with one attached hydrogen (secondary N) is 3. The number of sulfonamides is 1. The molecule has 3 N–H and O–H groups in total. The fourth-order valence-corrected chi connectivity index (χ4v) is 2.40. The first-order valence-electron chi connectivity index (χ1n) is 5.50. The van der Waals surface area contributed by atoms with Gasteiger partial charge in [-0.1, -0.05) is 20.8 Å². The Balaban J connectivity index is 2.23. The molecule has 0 aliphatic carbocycles. The maximum absolute atomic E-state index is 11.9. The van der Waals surface area contributed by atoms with Crippen molar-refractivity contribution >= 4 is 15.8 Å². The summed E-state index contributed by atoms with van der Waals surface area (Å²) in [5.74, 6) is 0.293. The van der Waals surface area contributed by atoms with Crippen LogP contribution < -0.4 is 4.72 Å². The van der Waals surface area contributed by atoms with Gasteiger partial charge in [-0.05, 0) is 6.07 Å². The van der Waals surface area contributed by atoms with Gasteiger partial charge in [0.15, 0.2) is 5.82 Å². The highest BCUT2D eigenvalue weighted by molar-refractivity contribution is 7.92. The third-order valence-electron chi connectivity index (χ3n) is 2.50. The topological polar surface area (TPSA) is 90.6 Å². The predicted octanol–water partition coefficient (Wildman–Crippen LogP) is 1.84.